The summed E-state index contributed by atoms with van der Waals surface area (Å²) in [6.07, 6.45) is 12.0. The van der Waals surface area contributed by atoms with Crippen molar-refractivity contribution in [3.05, 3.63) is 5.82 Å². The zero-order chi connectivity index (χ0) is 13.8. The highest BCUT2D eigenvalue weighted by atomic mass is 32.2. The average Bonchev–Trinajstić information content (AvgIpc) is 3.10. The zero-order valence-corrected chi connectivity index (χ0v) is 12.9. The number of hydrogen-bond donors (Lipinski definition) is 2. The summed E-state index contributed by atoms with van der Waals surface area (Å²) in [4.78, 5) is 4.58. The van der Waals surface area contributed by atoms with Crippen LogP contribution in [-0.2, 0) is 6.42 Å². The van der Waals surface area contributed by atoms with Gasteiger partial charge in [-0.1, -0.05) is 50.3 Å². The third kappa shape index (κ3) is 3.76. The highest BCUT2D eigenvalue weighted by molar-refractivity contribution is 7.99. The van der Waals surface area contributed by atoms with E-state index in [1.54, 1.807) is 11.8 Å². The summed E-state index contributed by atoms with van der Waals surface area (Å²) in [5.41, 5.74) is 0. The van der Waals surface area contributed by atoms with E-state index in [1.807, 2.05) is 0 Å². The summed E-state index contributed by atoms with van der Waals surface area (Å²) in [7, 11) is 0. The maximum atomic E-state index is 10.00. The Morgan fingerprint density at radius 1 is 1.10 bits per heavy atom. The summed E-state index contributed by atoms with van der Waals surface area (Å²) in [6.45, 7) is 0. The Balaban J connectivity index is 1.48. The number of aliphatic hydroxyl groups excluding tert-OH is 1. The Bertz CT molecular complexity index is 417. The van der Waals surface area contributed by atoms with Gasteiger partial charge in [0.1, 0.15) is 5.82 Å². The molecule has 112 valence electrons. The number of H-pyrrole nitrogens is 1. The predicted octanol–water partition coefficient (Wildman–Crippen LogP) is 3.32. The van der Waals surface area contributed by atoms with Gasteiger partial charge < -0.3 is 5.11 Å². The fourth-order valence-electron chi connectivity index (χ4n) is 3.43. The number of hydrogen-bond acceptors (Lipinski definition) is 4. The van der Waals surface area contributed by atoms with Gasteiger partial charge in [0, 0.05) is 11.7 Å². The van der Waals surface area contributed by atoms with E-state index < -0.39 is 0 Å². The quantitative estimate of drug-likeness (QED) is 0.874. The second kappa shape index (κ2) is 6.94. The monoisotopic (exact) mass is 295 g/mol. The van der Waals surface area contributed by atoms with Crippen molar-refractivity contribution in [2.75, 3.05) is 0 Å². The molecule has 2 fully saturated rings. The van der Waals surface area contributed by atoms with E-state index in [0.29, 0.717) is 0 Å². The summed E-state index contributed by atoms with van der Waals surface area (Å²) in [5, 5.41) is 18.5. The topological polar surface area (TPSA) is 61.8 Å². The first-order chi connectivity index (χ1) is 9.81. The van der Waals surface area contributed by atoms with Crippen molar-refractivity contribution in [3.63, 3.8) is 0 Å². The second-order valence-electron chi connectivity index (χ2n) is 6.26. The smallest absolute Gasteiger partial charge is 0.208 e. The van der Waals surface area contributed by atoms with E-state index in [0.717, 1.165) is 42.6 Å². The van der Waals surface area contributed by atoms with Crippen molar-refractivity contribution >= 4 is 11.8 Å². The zero-order valence-electron chi connectivity index (χ0n) is 12.1. The first-order valence-electron chi connectivity index (χ1n) is 8.07. The maximum absolute atomic E-state index is 10.00. The lowest BCUT2D eigenvalue weighted by atomic mass is 9.97. The number of nitrogens with one attached hydrogen (secondary N) is 1. The lowest BCUT2D eigenvalue weighted by molar-refractivity contribution is 0.137. The molecule has 2 saturated carbocycles. The van der Waals surface area contributed by atoms with E-state index >= 15 is 0 Å². The Labute approximate surface area is 125 Å². The predicted molar refractivity (Wildman–Crippen MR) is 80.8 cm³/mol. The van der Waals surface area contributed by atoms with Gasteiger partial charge >= 0.3 is 0 Å². The van der Waals surface area contributed by atoms with Crippen molar-refractivity contribution in [2.45, 2.75) is 80.7 Å². The molecule has 2 N–H and O–H groups in total. The molecular formula is C15H25N3OS. The van der Waals surface area contributed by atoms with E-state index in [-0.39, 0.29) is 11.4 Å². The number of aryl methyl sites for hydroxylation is 1. The molecule has 5 heteroatoms. The number of rotatable bonds is 5. The van der Waals surface area contributed by atoms with Gasteiger partial charge in [0.25, 0.3) is 0 Å². The Morgan fingerprint density at radius 2 is 1.85 bits per heavy atom. The first-order valence-corrected chi connectivity index (χ1v) is 8.95. The molecule has 0 radical (unpaired) electrons. The van der Waals surface area contributed by atoms with Crippen LogP contribution in [-0.4, -0.2) is 31.6 Å². The third-order valence-electron chi connectivity index (χ3n) is 4.70. The van der Waals surface area contributed by atoms with Gasteiger partial charge in [-0.15, -0.1) is 5.10 Å². The molecule has 20 heavy (non-hydrogen) atoms. The van der Waals surface area contributed by atoms with Crippen molar-refractivity contribution in [1.82, 2.24) is 15.2 Å². The molecule has 1 aromatic rings. The van der Waals surface area contributed by atoms with Crippen LogP contribution >= 0.6 is 11.8 Å². The summed E-state index contributed by atoms with van der Waals surface area (Å²) >= 11 is 1.65. The molecule has 2 aliphatic carbocycles. The molecule has 1 heterocycles. The molecule has 2 aliphatic rings. The minimum Gasteiger partial charge on any atom is -0.392 e. The van der Waals surface area contributed by atoms with Crippen LogP contribution in [0, 0.1) is 5.92 Å². The van der Waals surface area contributed by atoms with Gasteiger partial charge in [0.05, 0.1) is 6.10 Å². The fourth-order valence-corrected chi connectivity index (χ4v) is 4.54. The summed E-state index contributed by atoms with van der Waals surface area (Å²) in [5.74, 6) is 1.92. The molecule has 0 aromatic carbocycles. The lowest BCUT2D eigenvalue weighted by Crippen LogP contribution is -2.26. The first kappa shape index (κ1) is 14.4. The van der Waals surface area contributed by atoms with Crippen LogP contribution in [0.5, 0.6) is 0 Å². The van der Waals surface area contributed by atoms with Crippen LogP contribution in [0.3, 0.4) is 0 Å². The Hall–Kier alpha value is -0.550. The van der Waals surface area contributed by atoms with Crippen LogP contribution in [0.25, 0.3) is 0 Å². The molecule has 3 rings (SSSR count). The highest BCUT2D eigenvalue weighted by Gasteiger charge is 2.25. The molecule has 0 amide bonds. The molecular weight excluding hydrogens is 270 g/mol. The Kier molecular flexibility index (Phi) is 4.99. The molecule has 0 aliphatic heterocycles. The number of aromatic amines is 1. The van der Waals surface area contributed by atoms with Crippen molar-refractivity contribution < 1.29 is 5.11 Å². The molecule has 0 bridgehead atoms. The maximum Gasteiger partial charge on any atom is 0.208 e. The van der Waals surface area contributed by atoms with Gasteiger partial charge in [-0.2, -0.15) is 0 Å². The summed E-state index contributed by atoms with van der Waals surface area (Å²) < 4.78 is 0. The molecule has 0 saturated heterocycles. The standard InChI is InChI=1S/C15H25N3OS/c19-12-7-3-4-8-13(12)20-15-16-14(17-18-15)10-9-11-5-1-2-6-11/h11-13,19H,1-10H2,(H,16,17,18). The van der Waals surface area contributed by atoms with E-state index in [9.17, 15) is 5.11 Å². The highest BCUT2D eigenvalue weighted by Crippen LogP contribution is 2.32. The van der Waals surface area contributed by atoms with Crippen molar-refractivity contribution in [1.29, 1.82) is 0 Å². The SMILES string of the molecule is OC1CCCCC1Sc1n[nH]c(CCC2CCCC2)n1. The van der Waals surface area contributed by atoms with Gasteiger partial charge in [-0.25, -0.2) is 4.98 Å². The number of nitrogens with zero attached hydrogens (tertiary/aromatic N) is 2. The molecule has 1 aromatic heterocycles. The minimum absolute atomic E-state index is 0.186. The van der Waals surface area contributed by atoms with Crippen LogP contribution in [0.4, 0.5) is 0 Å². The number of aromatic nitrogens is 3. The Morgan fingerprint density at radius 3 is 2.65 bits per heavy atom. The lowest BCUT2D eigenvalue weighted by Gasteiger charge is -2.25. The van der Waals surface area contributed by atoms with Gasteiger partial charge in [-0.3, -0.25) is 5.10 Å². The van der Waals surface area contributed by atoms with E-state index in [2.05, 4.69) is 15.2 Å². The van der Waals surface area contributed by atoms with Crippen LogP contribution in [0.1, 0.15) is 63.6 Å². The summed E-state index contributed by atoms with van der Waals surface area (Å²) in [6, 6.07) is 0. The number of thioether (sulfide) groups is 1. The van der Waals surface area contributed by atoms with Gasteiger partial charge in [0.2, 0.25) is 5.16 Å². The van der Waals surface area contributed by atoms with Gasteiger partial charge in [-0.05, 0) is 25.2 Å². The average molecular weight is 295 g/mol. The largest absolute Gasteiger partial charge is 0.392 e. The van der Waals surface area contributed by atoms with Gasteiger partial charge in [0.15, 0.2) is 0 Å². The van der Waals surface area contributed by atoms with E-state index in [1.165, 1.54) is 38.5 Å². The molecule has 0 spiro atoms. The normalized spacial score (nSPS) is 28.1. The molecule has 4 nitrogen and oxygen atoms in total. The second-order valence-corrected chi connectivity index (χ2v) is 7.47. The van der Waals surface area contributed by atoms with Crippen molar-refractivity contribution in [3.8, 4) is 0 Å². The fraction of sp³-hybridized carbons (Fsp3) is 0.867. The minimum atomic E-state index is -0.186. The number of aliphatic hydroxyl groups is 1. The third-order valence-corrected chi connectivity index (χ3v) is 5.95. The van der Waals surface area contributed by atoms with Crippen LogP contribution in [0.2, 0.25) is 0 Å². The van der Waals surface area contributed by atoms with Crippen LogP contribution in [0.15, 0.2) is 5.16 Å². The van der Waals surface area contributed by atoms with E-state index in [4.69, 9.17) is 0 Å². The molecule has 2 unspecified atom stereocenters. The van der Waals surface area contributed by atoms with Crippen LogP contribution < -0.4 is 0 Å². The van der Waals surface area contributed by atoms with Crippen molar-refractivity contribution in [2.24, 2.45) is 5.92 Å². The molecule has 2 atom stereocenters.